The molecule has 4 heteroatoms. The smallest absolute Gasteiger partial charge is 0.255 e. The number of rotatable bonds is 5. The van der Waals surface area contributed by atoms with Crippen LogP contribution >= 0.6 is 0 Å². The van der Waals surface area contributed by atoms with E-state index < -0.39 is 0 Å². The SMILES string of the molecule is CC(=O)c1ccc(NC(=O)c2ccc(Oc3ccc(C)cc3)cc2)cc1. The molecule has 1 amide bonds. The van der Waals surface area contributed by atoms with Gasteiger partial charge in [-0.05, 0) is 74.5 Å². The second kappa shape index (κ2) is 7.66. The fraction of sp³-hybridized carbons (Fsp3) is 0.0909. The van der Waals surface area contributed by atoms with Crippen molar-refractivity contribution in [1.82, 2.24) is 0 Å². The summed E-state index contributed by atoms with van der Waals surface area (Å²) in [5.74, 6) is 1.18. The summed E-state index contributed by atoms with van der Waals surface area (Å²) in [6.45, 7) is 3.53. The van der Waals surface area contributed by atoms with E-state index in [0.717, 1.165) is 5.75 Å². The molecular formula is C22H19NO3. The largest absolute Gasteiger partial charge is 0.457 e. The van der Waals surface area contributed by atoms with E-state index in [4.69, 9.17) is 4.74 Å². The van der Waals surface area contributed by atoms with Gasteiger partial charge in [0.05, 0.1) is 0 Å². The van der Waals surface area contributed by atoms with Crippen LogP contribution in [-0.4, -0.2) is 11.7 Å². The highest BCUT2D eigenvalue weighted by atomic mass is 16.5. The molecule has 0 aliphatic heterocycles. The summed E-state index contributed by atoms with van der Waals surface area (Å²) in [6, 6.07) is 21.5. The zero-order valence-corrected chi connectivity index (χ0v) is 14.7. The molecule has 0 aliphatic carbocycles. The lowest BCUT2D eigenvalue weighted by atomic mass is 10.1. The van der Waals surface area contributed by atoms with Gasteiger partial charge in [0.2, 0.25) is 0 Å². The number of carbonyl (C=O) groups excluding carboxylic acids is 2. The van der Waals surface area contributed by atoms with Crippen molar-refractivity contribution in [2.75, 3.05) is 5.32 Å². The third kappa shape index (κ3) is 4.36. The van der Waals surface area contributed by atoms with Crippen molar-refractivity contribution in [3.8, 4) is 11.5 Å². The Kier molecular flexibility index (Phi) is 5.13. The van der Waals surface area contributed by atoms with Gasteiger partial charge in [-0.25, -0.2) is 0 Å². The number of anilines is 1. The van der Waals surface area contributed by atoms with E-state index in [1.807, 2.05) is 31.2 Å². The number of hydrogen-bond donors (Lipinski definition) is 1. The summed E-state index contributed by atoms with van der Waals surface area (Å²) >= 11 is 0. The monoisotopic (exact) mass is 345 g/mol. The van der Waals surface area contributed by atoms with E-state index >= 15 is 0 Å². The van der Waals surface area contributed by atoms with Crippen LogP contribution in [0.15, 0.2) is 72.8 Å². The highest BCUT2D eigenvalue weighted by Crippen LogP contribution is 2.22. The summed E-state index contributed by atoms with van der Waals surface area (Å²) in [6.07, 6.45) is 0. The van der Waals surface area contributed by atoms with E-state index in [1.165, 1.54) is 12.5 Å². The number of amides is 1. The Morgan fingerprint density at radius 1 is 0.731 bits per heavy atom. The number of ether oxygens (including phenoxy) is 1. The van der Waals surface area contributed by atoms with Crippen LogP contribution < -0.4 is 10.1 Å². The third-order valence-corrected chi connectivity index (χ3v) is 3.92. The van der Waals surface area contributed by atoms with Crippen molar-refractivity contribution in [3.05, 3.63) is 89.5 Å². The Balaban J connectivity index is 1.64. The molecule has 0 bridgehead atoms. The Morgan fingerprint density at radius 2 is 1.23 bits per heavy atom. The van der Waals surface area contributed by atoms with Crippen LogP contribution in [0.1, 0.15) is 33.2 Å². The van der Waals surface area contributed by atoms with Gasteiger partial charge < -0.3 is 10.1 Å². The van der Waals surface area contributed by atoms with E-state index in [2.05, 4.69) is 5.32 Å². The summed E-state index contributed by atoms with van der Waals surface area (Å²) < 4.78 is 5.76. The number of Topliss-reactive ketones (excluding diaryl/α,β-unsaturated/α-hetero) is 1. The van der Waals surface area contributed by atoms with Crippen LogP contribution in [0.3, 0.4) is 0 Å². The molecule has 0 aromatic heterocycles. The van der Waals surface area contributed by atoms with E-state index in [0.29, 0.717) is 22.6 Å². The van der Waals surface area contributed by atoms with Crippen LogP contribution in [0.4, 0.5) is 5.69 Å². The molecule has 0 heterocycles. The molecule has 0 unspecified atom stereocenters. The lowest BCUT2D eigenvalue weighted by molar-refractivity contribution is 0.101. The van der Waals surface area contributed by atoms with E-state index in [-0.39, 0.29) is 11.7 Å². The van der Waals surface area contributed by atoms with Gasteiger partial charge in [0.25, 0.3) is 5.91 Å². The average molecular weight is 345 g/mol. The third-order valence-electron chi connectivity index (χ3n) is 3.92. The van der Waals surface area contributed by atoms with Gasteiger partial charge in [0.1, 0.15) is 11.5 Å². The predicted octanol–water partition coefficient (Wildman–Crippen LogP) is 5.24. The summed E-state index contributed by atoms with van der Waals surface area (Å²) in [7, 11) is 0. The molecule has 3 aromatic rings. The standard InChI is InChI=1S/C22H19NO3/c1-15-3-11-20(12-4-15)26-21-13-7-18(8-14-21)22(25)23-19-9-5-17(6-10-19)16(2)24/h3-14H,1-2H3,(H,23,25). The highest BCUT2D eigenvalue weighted by Gasteiger charge is 2.07. The quantitative estimate of drug-likeness (QED) is 0.643. The van der Waals surface area contributed by atoms with Gasteiger partial charge in [0.15, 0.2) is 5.78 Å². The van der Waals surface area contributed by atoms with Gasteiger partial charge in [-0.3, -0.25) is 9.59 Å². The minimum absolute atomic E-state index is 0.00737. The number of benzene rings is 3. The Labute approximate surface area is 152 Å². The fourth-order valence-corrected chi connectivity index (χ4v) is 2.41. The van der Waals surface area contributed by atoms with Crippen molar-refractivity contribution < 1.29 is 14.3 Å². The molecule has 4 nitrogen and oxygen atoms in total. The molecule has 0 fully saturated rings. The van der Waals surface area contributed by atoms with Gasteiger partial charge in [-0.1, -0.05) is 17.7 Å². The molecule has 0 saturated carbocycles. The molecule has 0 spiro atoms. The zero-order valence-electron chi connectivity index (χ0n) is 14.7. The van der Waals surface area contributed by atoms with Crippen molar-refractivity contribution >= 4 is 17.4 Å². The van der Waals surface area contributed by atoms with Crippen LogP contribution in [-0.2, 0) is 0 Å². The minimum atomic E-state index is -0.220. The maximum absolute atomic E-state index is 12.3. The Hall–Kier alpha value is -3.40. The number of nitrogens with one attached hydrogen (secondary N) is 1. The zero-order chi connectivity index (χ0) is 18.5. The van der Waals surface area contributed by atoms with Gasteiger partial charge >= 0.3 is 0 Å². The number of aryl methyl sites for hydroxylation is 1. The van der Waals surface area contributed by atoms with Crippen molar-refractivity contribution in [1.29, 1.82) is 0 Å². The first-order valence-corrected chi connectivity index (χ1v) is 8.28. The number of carbonyl (C=O) groups is 2. The molecule has 26 heavy (non-hydrogen) atoms. The molecule has 0 saturated heterocycles. The van der Waals surface area contributed by atoms with Gasteiger partial charge in [0, 0.05) is 16.8 Å². The topological polar surface area (TPSA) is 55.4 Å². The molecule has 0 radical (unpaired) electrons. The van der Waals surface area contributed by atoms with Crippen LogP contribution in [0.25, 0.3) is 0 Å². The average Bonchev–Trinajstić information content (AvgIpc) is 2.64. The summed E-state index contributed by atoms with van der Waals surface area (Å²) in [5, 5.41) is 2.81. The Bertz CT molecular complexity index is 911. The predicted molar refractivity (Wildman–Crippen MR) is 102 cm³/mol. The molecule has 0 aliphatic rings. The molecule has 3 aromatic carbocycles. The molecule has 3 rings (SSSR count). The van der Waals surface area contributed by atoms with Gasteiger partial charge in [-0.15, -0.1) is 0 Å². The maximum Gasteiger partial charge on any atom is 0.255 e. The second-order valence-electron chi connectivity index (χ2n) is 6.03. The van der Waals surface area contributed by atoms with Crippen molar-refractivity contribution in [2.45, 2.75) is 13.8 Å². The van der Waals surface area contributed by atoms with E-state index in [9.17, 15) is 9.59 Å². The maximum atomic E-state index is 12.3. The first-order chi connectivity index (χ1) is 12.5. The highest BCUT2D eigenvalue weighted by molar-refractivity contribution is 6.04. The van der Waals surface area contributed by atoms with Crippen LogP contribution in [0.5, 0.6) is 11.5 Å². The van der Waals surface area contributed by atoms with Crippen molar-refractivity contribution in [3.63, 3.8) is 0 Å². The number of hydrogen-bond acceptors (Lipinski definition) is 3. The lowest BCUT2D eigenvalue weighted by Gasteiger charge is -2.08. The van der Waals surface area contributed by atoms with Crippen LogP contribution in [0.2, 0.25) is 0 Å². The van der Waals surface area contributed by atoms with E-state index in [1.54, 1.807) is 48.5 Å². The molecular weight excluding hydrogens is 326 g/mol. The lowest BCUT2D eigenvalue weighted by Crippen LogP contribution is -2.11. The summed E-state index contributed by atoms with van der Waals surface area (Å²) in [5.41, 5.74) is 2.94. The van der Waals surface area contributed by atoms with Crippen molar-refractivity contribution in [2.24, 2.45) is 0 Å². The fourth-order valence-electron chi connectivity index (χ4n) is 2.41. The molecule has 1 N–H and O–H groups in total. The Morgan fingerprint density at radius 3 is 1.77 bits per heavy atom. The first kappa shape index (κ1) is 17.4. The normalized spacial score (nSPS) is 10.2. The van der Waals surface area contributed by atoms with Crippen LogP contribution in [0, 0.1) is 6.92 Å². The minimum Gasteiger partial charge on any atom is -0.457 e. The first-order valence-electron chi connectivity index (χ1n) is 8.28. The molecule has 0 atom stereocenters. The number of ketones is 1. The summed E-state index contributed by atoms with van der Waals surface area (Å²) in [4.78, 5) is 23.6. The molecule has 130 valence electrons. The van der Waals surface area contributed by atoms with Gasteiger partial charge in [-0.2, -0.15) is 0 Å². The second-order valence-corrected chi connectivity index (χ2v) is 6.03.